The van der Waals surface area contributed by atoms with Gasteiger partial charge < -0.3 is 20.4 Å². The molecule has 0 spiro atoms. The molecule has 0 aromatic rings. The molecule has 8 heavy (non-hydrogen) atoms. The summed E-state index contributed by atoms with van der Waals surface area (Å²) < 4.78 is 0. The summed E-state index contributed by atoms with van der Waals surface area (Å²) in [4.78, 5) is 0. The lowest BCUT2D eigenvalue weighted by molar-refractivity contribution is -0.321. The first-order chi connectivity index (χ1) is 3.48. The smallest absolute Gasteiger partial charge is 0.309 e. The normalized spacial score (nSPS) is 12.8. The van der Waals surface area contributed by atoms with Gasteiger partial charge >= 0.3 is 5.97 Å². The Balaban J connectivity index is 3.62. The number of rotatable bonds is 2. The van der Waals surface area contributed by atoms with Gasteiger partial charge in [0, 0.05) is 0 Å². The van der Waals surface area contributed by atoms with Crippen molar-refractivity contribution in [2.75, 3.05) is 0 Å². The van der Waals surface area contributed by atoms with Crippen LogP contribution in [-0.4, -0.2) is 26.4 Å². The molecular formula is C4H9O4. The van der Waals surface area contributed by atoms with Crippen LogP contribution in [0.15, 0.2) is 0 Å². The highest BCUT2D eigenvalue weighted by molar-refractivity contribution is 4.80. The van der Waals surface area contributed by atoms with Gasteiger partial charge in [-0.05, 0) is 6.42 Å². The molecule has 0 bridgehead atoms. The Hall–Kier alpha value is -0.160. The molecule has 0 aliphatic carbocycles. The molecule has 0 fully saturated rings. The molecule has 0 rings (SSSR count). The van der Waals surface area contributed by atoms with Crippen molar-refractivity contribution in [3.8, 4) is 0 Å². The lowest BCUT2D eigenvalue weighted by Crippen LogP contribution is -2.35. The van der Waals surface area contributed by atoms with E-state index >= 15 is 0 Å². The summed E-state index contributed by atoms with van der Waals surface area (Å²) in [6.45, 7) is 1.48. The summed E-state index contributed by atoms with van der Waals surface area (Å²) in [5.74, 6) is -3.02. The van der Waals surface area contributed by atoms with Crippen LogP contribution in [0.1, 0.15) is 13.3 Å². The monoisotopic (exact) mass is 121 g/mol. The van der Waals surface area contributed by atoms with E-state index in [0.29, 0.717) is 0 Å². The second-order valence-corrected chi connectivity index (χ2v) is 1.44. The molecule has 4 nitrogen and oxygen atoms in total. The Labute approximate surface area is 47.0 Å². The van der Waals surface area contributed by atoms with Gasteiger partial charge in [0.25, 0.3) is 0 Å². The standard InChI is InChI=1S/C4H9O4/c1-2-3(5)4(6,7)8/h5-8H,2H2,1H3. The molecule has 0 heterocycles. The minimum Gasteiger partial charge on any atom is -0.379 e. The lowest BCUT2D eigenvalue weighted by atomic mass is 10.2. The molecule has 0 aromatic carbocycles. The van der Waals surface area contributed by atoms with Crippen molar-refractivity contribution in [3.63, 3.8) is 0 Å². The summed E-state index contributed by atoms with van der Waals surface area (Å²) in [5.41, 5.74) is 0. The second-order valence-electron chi connectivity index (χ2n) is 1.44. The fourth-order valence-electron chi connectivity index (χ4n) is 0.237. The lowest BCUT2D eigenvalue weighted by Gasteiger charge is -2.17. The second kappa shape index (κ2) is 2.41. The highest BCUT2D eigenvalue weighted by atomic mass is 16.7. The van der Waals surface area contributed by atoms with E-state index in [4.69, 9.17) is 20.4 Å². The van der Waals surface area contributed by atoms with Gasteiger partial charge in [-0.25, -0.2) is 0 Å². The van der Waals surface area contributed by atoms with Gasteiger partial charge in [-0.15, -0.1) is 0 Å². The summed E-state index contributed by atoms with van der Waals surface area (Å²) in [6.07, 6.45) is -0.735. The third-order valence-electron chi connectivity index (χ3n) is 0.722. The largest absolute Gasteiger partial charge is 0.379 e. The van der Waals surface area contributed by atoms with E-state index in [1.54, 1.807) is 0 Å². The van der Waals surface area contributed by atoms with Crippen molar-refractivity contribution in [1.29, 1.82) is 0 Å². The van der Waals surface area contributed by atoms with E-state index in [9.17, 15) is 0 Å². The highest BCUT2D eigenvalue weighted by Crippen LogP contribution is 2.12. The quantitative estimate of drug-likeness (QED) is 0.351. The van der Waals surface area contributed by atoms with Gasteiger partial charge in [-0.3, -0.25) is 0 Å². The third kappa shape index (κ3) is 2.23. The maximum Gasteiger partial charge on any atom is 0.309 e. The molecule has 0 saturated heterocycles. The van der Waals surface area contributed by atoms with Crippen molar-refractivity contribution in [2.24, 2.45) is 0 Å². The molecule has 49 valence electrons. The molecular weight excluding hydrogens is 112 g/mol. The molecule has 0 aromatic heterocycles. The molecule has 0 saturated carbocycles. The van der Waals surface area contributed by atoms with Gasteiger partial charge in [-0.2, -0.15) is 0 Å². The Bertz CT molecular complexity index is 64.9. The van der Waals surface area contributed by atoms with Crippen molar-refractivity contribution in [2.45, 2.75) is 19.3 Å². The minimum atomic E-state index is -3.02. The molecule has 0 unspecified atom stereocenters. The Kier molecular flexibility index (Phi) is 2.36. The number of hydrogen-bond donors (Lipinski definition) is 4. The molecule has 0 aliphatic rings. The fraction of sp³-hybridized carbons (Fsp3) is 0.750. The summed E-state index contributed by atoms with van der Waals surface area (Å²) >= 11 is 0. The zero-order valence-electron chi connectivity index (χ0n) is 4.50. The average molecular weight is 121 g/mol. The van der Waals surface area contributed by atoms with Gasteiger partial charge in [-0.1, -0.05) is 6.92 Å². The van der Waals surface area contributed by atoms with Gasteiger partial charge in [0.2, 0.25) is 0 Å². The van der Waals surface area contributed by atoms with Crippen molar-refractivity contribution >= 4 is 0 Å². The van der Waals surface area contributed by atoms with E-state index in [0.717, 1.165) is 0 Å². The summed E-state index contributed by atoms with van der Waals surface area (Å²) in [6, 6.07) is 0. The van der Waals surface area contributed by atoms with Gasteiger partial charge in [0.1, 0.15) is 0 Å². The zero-order chi connectivity index (χ0) is 6.78. The molecule has 4 heteroatoms. The predicted octanol–water partition coefficient (Wildman–Crippen LogP) is -1.07. The van der Waals surface area contributed by atoms with Crippen LogP contribution in [0.5, 0.6) is 0 Å². The summed E-state index contributed by atoms with van der Waals surface area (Å²) in [5, 5.41) is 32.7. The van der Waals surface area contributed by atoms with Crippen molar-refractivity contribution in [3.05, 3.63) is 6.10 Å². The number of hydrogen-bond acceptors (Lipinski definition) is 4. The topological polar surface area (TPSA) is 80.9 Å². The molecule has 4 N–H and O–H groups in total. The van der Waals surface area contributed by atoms with Crippen LogP contribution in [0, 0.1) is 6.10 Å². The molecule has 0 atom stereocenters. The first-order valence-corrected chi connectivity index (χ1v) is 2.21. The molecule has 0 aliphatic heterocycles. The third-order valence-corrected chi connectivity index (χ3v) is 0.722. The first-order valence-electron chi connectivity index (χ1n) is 2.21. The molecule has 0 amide bonds. The molecule has 1 radical (unpaired) electrons. The number of aliphatic hydroxyl groups is 4. The number of aliphatic hydroxyl groups excluding tert-OH is 1. The van der Waals surface area contributed by atoms with E-state index in [1.165, 1.54) is 6.92 Å². The van der Waals surface area contributed by atoms with Crippen LogP contribution in [0.3, 0.4) is 0 Å². The van der Waals surface area contributed by atoms with E-state index in [-0.39, 0.29) is 6.42 Å². The zero-order valence-corrected chi connectivity index (χ0v) is 4.50. The average Bonchev–Trinajstić information content (AvgIpc) is 1.62. The van der Waals surface area contributed by atoms with Crippen LogP contribution >= 0.6 is 0 Å². The first kappa shape index (κ1) is 7.84. The van der Waals surface area contributed by atoms with Crippen LogP contribution in [0.2, 0.25) is 0 Å². The maximum atomic E-state index is 8.36. The Morgan fingerprint density at radius 1 is 1.38 bits per heavy atom. The minimum absolute atomic E-state index is 0.0174. The van der Waals surface area contributed by atoms with Gasteiger partial charge in [0.05, 0.1) is 0 Å². The van der Waals surface area contributed by atoms with Crippen LogP contribution in [0.4, 0.5) is 0 Å². The van der Waals surface area contributed by atoms with Gasteiger partial charge in [0.15, 0.2) is 6.10 Å². The summed E-state index contributed by atoms with van der Waals surface area (Å²) in [7, 11) is 0. The van der Waals surface area contributed by atoms with Crippen molar-refractivity contribution in [1.82, 2.24) is 0 Å². The Morgan fingerprint density at radius 3 is 1.75 bits per heavy atom. The maximum absolute atomic E-state index is 8.36. The SMILES string of the molecule is CC[C](O)C(O)(O)O. The van der Waals surface area contributed by atoms with Crippen molar-refractivity contribution < 1.29 is 20.4 Å². The van der Waals surface area contributed by atoms with E-state index in [2.05, 4.69) is 0 Å². The van der Waals surface area contributed by atoms with Crippen LogP contribution in [-0.2, 0) is 0 Å². The fourth-order valence-corrected chi connectivity index (χ4v) is 0.237. The Morgan fingerprint density at radius 2 is 1.75 bits per heavy atom. The van der Waals surface area contributed by atoms with E-state index in [1.807, 2.05) is 0 Å². The predicted molar refractivity (Wildman–Crippen MR) is 24.9 cm³/mol. The van der Waals surface area contributed by atoms with E-state index < -0.39 is 12.1 Å². The van der Waals surface area contributed by atoms with Crippen LogP contribution < -0.4 is 0 Å². The van der Waals surface area contributed by atoms with Crippen LogP contribution in [0.25, 0.3) is 0 Å². The highest BCUT2D eigenvalue weighted by Gasteiger charge is 2.29.